The number of nitrogens with one attached hydrogen (secondary N) is 1. The summed E-state index contributed by atoms with van der Waals surface area (Å²) in [6.45, 7) is 0.761. The van der Waals surface area contributed by atoms with Crippen LogP contribution in [0.3, 0.4) is 0 Å². The van der Waals surface area contributed by atoms with E-state index in [0.29, 0.717) is 18.2 Å². The first-order valence-electron chi connectivity index (χ1n) is 5.18. The van der Waals surface area contributed by atoms with Gasteiger partial charge in [-0.1, -0.05) is 0 Å². The molecule has 2 fully saturated rings. The maximum absolute atomic E-state index is 5.75. The van der Waals surface area contributed by atoms with Gasteiger partial charge in [-0.05, 0) is 19.3 Å². The molecule has 14 heavy (non-hydrogen) atoms. The monoisotopic (exact) mass is 194 g/mol. The standard InChI is InChI=1S/C10H14N2O2/c1-2-10-9(3-7(1)14-10)12-5-8-4-11-6-13-8/h4,6-7,9-10,12H,1-3,5H2. The fourth-order valence-corrected chi connectivity index (χ4v) is 2.41. The number of fused-ring (bicyclic) bond motifs is 2. The Labute approximate surface area is 82.7 Å². The van der Waals surface area contributed by atoms with Gasteiger partial charge in [-0.3, -0.25) is 0 Å². The first-order valence-corrected chi connectivity index (χ1v) is 5.18. The Morgan fingerprint density at radius 3 is 3.14 bits per heavy atom. The van der Waals surface area contributed by atoms with Crippen molar-refractivity contribution in [2.75, 3.05) is 0 Å². The highest BCUT2D eigenvalue weighted by atomic mass is 16.5. The van der Waals surface area contributed by atoms with Crippen molar-refractivity contribution in [2.45, 2.75) is 44.1 Å². The lowest BCUT2D eigenvalue weighted by molar-refractivity contribution is 0.0970. The second-order valence-corrected chi connectivity index (χ2v) is 4.06. The number of aromatic nitrogens is 1. The minimum atomic E-state index is 0.433. The van der Waals surface area contributed by atoms with Crippen LogP contribution < -0.4 is 5.32 Å². The molecule has 2 aliphatic rings. The van der Waals surface area contributed by atoms with Crippen LogP contribution >= 0.6 is 0 Å². The van der Waals surface area contributed by atoms with Crippen LogP contribution in [0.4, 0.5) is 0 Å². The van der Waals surface area contributed by atoms with Gasteiger partial charge >= 0.3 is 0 Å². The summed E-state index contributed by atoms with van der Waals surface area (Å²) >= 11 is 0. The average molecular weight is 194 g/mol. The molecule has 1 aromatic rings. The Kier molecular flexibility index (Phi) is 2.03. The van der Waals surface area contributed by atoms with Crippen molar-refractivity contribution in [3.8, 4) is 0 Å². The molecular weight excluding hydrogens is 180 g/mol. The van der Waals surface area contributed by atoms with Crippen molar-refractivity contribution < 1.29 is 9.15 Å². The van der Waals surface area contributed by atoms with E-state index >= 15 is 0 Å². The molecule has 3 atom stereocenters. The molecule has 4 heteroatoms. The molecule has 0 amide bonds. The van der Waals surface area contributed by atoms with Gasteiger partial charge in [-0.15, -0.1) is 0 Å². The zero-order valence-electron chi connectivity index (χ0n) is 7.98. The number of hydrogen-bond donors (Lipinski definition) is 1. The van der Waals surface area contributed by atoms with Gasteiger partial charge in [0.05, 0.1) is 24.9 Å². The van der Waals surface area contributed by atoms with Crippen molar-refractivity contribution in [2.24, 2.45) is 0 Å². The van der Waals surface area contributed by atoms with Gasteiger partial charge in [0.1, 0.15) is 5.76 Å². The second kappa shape index (κ2) is 3.37. The number of rotatable bonds is 3. The third kappa shape index (κ3) is 1.44. The highest BCUT2D eigenvalue weighted by molar-refractivity contribution is 4.96. The smallest absolute Gasteiger partial charge is 0.180 e. The Balaban J connectivity index is 1.54. The van der Waals surface area contributed by atoms with E-state index in [4.69, 9.17) is 9.15 Å². The van der Waals surface area contributed by atoms with E-state index < -0.39 is 0 Å². The Morgan fingerprint density at radius 2 is 2.50 bits per heavy atom. The zero-order valence-corrected chi connectivity index (χ0v) is 7.98. The topological polar surface area (TPSA) is 47.3 Å². The van der Waals surface area contributed by atoms with Crippen molar-refractivity contribution in [3.63, 3.8) is 0 Å². The molecule has 1 N–H and O–H groups in total. The first-order chi connectivity index (χ1) is 6.92. The van der Waals surface area contributed by atoms with Crippen LogP contribution in [-0.4, -0.2) is 23.2 Å². The predicted octanol–water partition coefficient (Wildman–Crippen LogP) is 1.08. The van der Waals surface area contributed by atoms with Crippen LogP contribution in [0, 0.1) is 0 Å². The molecule has 0 radical (unpaired) electrons. The summed E-state index contributed by atoms with van der Waals surface area (Å²) in [4.78, 5) is 3.88. The number of ether oxygens (including phenoxy) is 1. The molecule has 0 saturated carbocycles. The minimum absolute atomic E-state index is 0.433. The molecule has 0 spiro atoms. The number of nitrogens with zero attached hydrogens (tertiary/aromatic N) is 1. The SMILES string of the molecule is c1ncc(CNC2CC3CCC2O3)o1. The van der Waals surface area contributed by atoms with Crippen LogP contribution in [0.15, 0.2) is 17.0 Å². The maximum atomic E-state index is 5.75. The molecule has 3 unspecified atom stereocenters. The Bertz CT molecular complexity index is 299. The van der Waals surface area contributed by atoms with Crippen molar-refractivity contribution in [3.05, 3.63) is 18.4 Å². The van der Waals surface area contributed by atoms with Gasteiger partial charge in [0, 0.05) is 6.04 Å². The molecule has 0 aliphatic carbocycles. The van der Waals surface area contributed by atoms with Crippen LogP contribution in [0.5, 0.6) is 0 Å². The summed E-state index contributed by atoms with van der Waals surface area (Å²) in [7, 11) is 0. The molecule has 2 bridgehead atoms. The van der Waals surface area contributed by atoms with E-state index in [1.54, 1.807) is 6.20 Å². The van der Waals surface area contributed by atoms with Crippen LogP contribution in [0.2, 0.25) is 0 Å². The summed E-state index contributed by atoms with van der Waals surface area (Å²) in [6.07, 6.45) is 7.76. The summed E-state index contributed by atoms with van der Waals surface area (Å²) < 4.78 is 10.9. The second-order valence-electron chi connectivity index (χ2n) is 4.06. The Hall–Kier alpha value is -0.870. The van der Waals surface area contributed by atoms with Crippen molar-refractivity contribution >= 4 is 0 Å². The Morgan fingerprint density at radius 1 is 1.50 bits per heavy atom. The zero-order chi connectivity index (χ0) is 9.38. The summed E-state index contributed by atoms with van der Waals surface area (Å²) in [5, 5.41) is 3.46. The predicted molar refractivity (Wildman–Crippen MR) is 49.6 cm³/mol. The molecular formula is C10H14N2O2. The molecule has 3 heterocycles. The van der Waals surface area contributed by atoms with Crippen LogP contribution in [0.1, 0.15) is 25.0 Å². The van der Waals surface area contributed by atoms with E-state index in [2.05, 4.69) is 10.3 Å². The molecule has 0 aromatic carbocycles. The molecule has 76 valence electrons. The quantitative estimate of drug-likeness (QED) is 0.782. The lowest BCUT2D eigenvalue weighted by atomic mass is 9.95. The van der Waals surface area contributed by atoms with Crippen molar-refractivity contribution in [1.29, 1.82) is 0 Å². The number of hydrogen-bond acceptors (Lipinski definition) is 4. The maximum Gasteiger partial charge on any atom is 0.180 e. The van der Waals surface area contributed by atoms with Gasteiger partial charge < -0.3 is 14.5 Å². The highest BCUT2D eigenvalue weighted by Gasteiger charge is 2.40. The summed E-state index contributed by atoms with van der Waals surface area (Å²) in [5.74, 6) is 0.896. The van der Waals surface area contributed by atoms with Gasteiger partial charge in [0.15, 0.2) is 6.39 Å². The largest absolute Gasteiger partial charge is 0.447 e. The van der Waals surface area contributed by atoms with E-state index in [0.717, 1.165) is 18.7 Å². The normalized spacial score (nSPS) is 35.3. The first kappa shape index (κ1) is 8.44. The molecule has 2 saturated heterocycles. The highest BCUT2D eigenvalue weighted by Crippen LogP contribution is 2.34. The van der Waals surface area contributed by atoms with E-state index in [-0.39, 0.29) is 0 Å². The fourth-order valence-electron chi connectivity index (χ4n) is 2.41. The van der Waals surface area contributed by atoms with Crippen LogP contribution in [-0.2, 0) is 11.3 Å². The third-order valence-corrected chi connectivity index (χ3v) is 3.13. The molecule has 2 aliphatic heterocycles. The minimum Gasteiger partial charge on any atom is -0.447 e. The lowest BCUT2D eigenvalue weighted by Gasteiger charge is -2.19. The van der Waals surface area contributed by atoms with Gasteiger partial charge in [-0.2, -0.15) is 0 Å². The summed E-state index contributed by atoms with van der Waals surface area (Å²) in [5.41, 5.74) is 0. The van der Waals surface area contributed by atoms with Crippen molar-refractivity contribution in [1.82, 2.24) is 10.3 Å². The fraction of sp³-hybridized carbons (Fsp3) is 0.700. The number of oxazole rings is 1. The third-order valence-electron chi connectivity index (χ3n) is 3.13. The van der Waals surface area contributed by atoms with E-state index in [1.807, 2.05) is 0 Å². The van der Waals surface area contributed by atoms with E-state index in [9.17, 15) is 0 Å². The van der Waals surface area contributed by atoms with Crippen LogP contribution in [0.25, 0.3) is 0 Å². The average Bonchev–Trinajstić information content (AvgIpc) is 2.91. The van der Waals surface area contributed by atoms with Gasteiger partial charge in [0.2, 0.25) is 0 Å². The molecule has 3 rings (SSSR count). The lowest BCUT2D eigenvalue weighted by Crippen LogP contribution is -2.36. The molecule has 1 aromatic heterocycles. The van der Waals surface area contributed by atoms with E-state index in [1.165, 1.54) is 19.2 Å². The van der Waals surface area contributed by atoms with Gasteiger partial charge in [0.25, 0.3) is 0 Å². The van der Waals surface area contributed by atoms with Gasteiger partial charge in [-0.25, -0.2) is 4.98 Å². The molecule has 4 nitrogen and oxygen atoms in total. The summed E-state index contributed by atoms with van der Waals surface area (Å²) in [6, 6.07) is 0.513.